The van der Waals surface area contributed by atoms with Crippen LogP contribution < -0.4 is 0 Å². The van der Waals surface area contributed by atoms with E-state index in [1.165, 1.54) is 0 Å². The number of aryl methyl sites for hydroxylation is 1. The smallest absolute Gasteiger partial charge is 0.161 e. The van der Waals surface area contributed by atoms with Gasteiger partial charge in [0.25, 0.3) is 0 Å². The van der Waals surface area contributed by atoms with E-state index in [0.29, 0.717) is 5.65 Å². The first kappa shape index (κ1) is 14.7. The van der Waals surface area contributed by atoms with E-state index in [1.807, 2.05) is 55.7 Å². The second kappa shape index (κ2) is 5.74. The zero-order valence-corrected chi connectivity index (χ0v) is 14.2. The molecule has 0 saturated carbocycles. The highest BCUT2D eigenvalue weighted by Crippen LogP contribution is 2.28. The molecular weight excluding hydrogens is 322 g/mol. The Balaban J connectivity index is 1.84. The van der Waals surface area contributed by atoms with E-state index in [0.717, 1.165) is 39.1 Å². The monoisotopic (exact) mass is 337 g/mol. The van der Waals surface area contributed by atoms with E-state index >= 15 is 0 Å². The molecule has 0 amide bonds. The van der Waals surface area contributed by atoms with Crippen molar-refractivity contribution in [1.29, 1.82) is 0 Å². The molecule has 5 aromatic heterocycles. The molecule has 0 radical (unpaired) electrons. The third kappa shape index (κ3) is 2.33. The normalized spacial score (nSPS) is 11.3. The quantitative estimate of drug-likeness (QED) is 0.481. The Hall–Kier alpha value is -3.60. The molecule has 0 fully saturated rings. The van der Waals surface area contributed by atoms with Crippen LogP contribution in [0.5, 0.6) is 0 Å². The summed E-state index contributed by atoms with van der Waals surface area (Å²) in [7, 11) is 0. The highest BCUT2D eigenvalue weighted by molar-refractivity contribution is 5.90. The van der Waals surface area contributed by atoms with Gasteiger partial charge in [0.15, 0.2) is 5.65 Å². The van der Waals surface area contributed by atoms with Crippen molar-refractivity contribution in [2.24, 2.45) is 0 Å². The van der Waals surface area contributed by atoms with Gasteiger partial charge < -0.3 is 4.57 Å². The van der Waals surface area contributed by atoms with Crippen molar-refractivity contribution in [3.05, 3.63) is 79.0 Å². The summed E-state index contributed by atoms with van der Waals surface area (Å²) >= 11 is 0. The second-order valence-electron chi connectivity index (χ2n) is 6.19. The van der Waals surface area contributed by atoms with E-state index in [4.69, 9.17) is 4.98 Å². The summed E-state index contributed by atoms with van der Waals surface area (Å²) in [5.41, 5.74) is 5.45. The Bertz CT molecular complexity index is 1260. The molecular formula is C21H15N5. The first-order chi connectivity index (χ1) is 12.8. The largest absolute Gasteiger partial charge is 0.316 e. The maximum atomic E-state index is 4.74. The summed E-state index contributed by atoms with van der Waals surface area (Å²) in [4.78, 5) is 18.0. The summed E-state index contributed by atoms with van der Waals surface area (Å²) in [6.45, 7) is 1.98. The molecule has 26 heavy (non-hydrogen) atoms. The highest BCUT2D eigenvalue weighted by Gasteiger charge is 2.12. The molecule has 0 atom stereocenters. The number of fused-ring (bicyclic) bond motifs is 2. The van der Waals surface area contributed by atoms with Crippen molar-refractivity contribution in [3.63, 3.8) is 0 Å². The van der Waals surface area contributed by atoms with Gasteiger partial charge in [0.05, 0.1) is 22.6 Å². The molecule has 0 aliphatic rings. The third-order valence-corrected chi connectivity index (χ3v) is 4.46. The van der Waals surface area contributed by atoms with E-state index in [-0.39, 0.29) is 0 Å². The van der Waals surface area contributed by atoms with E-state index in [2.05, 4.69) is 37.8 Å². The molecule has 5 heterocycles. The zero-order chi connectivity index (χ0) is 17.5. The fourth-order valence-electron chi connectivity index (χ4n) is 3.25. The minimum atomic E-state index is 0.708. The molecule has 0 bridgehead atoms. The average Bonchev–Trinajstić information content (AvgIpc) is 3.11. The van der Waals surface area contributed by atoms with Crippen LogP contribution in [-0.2, 0) is 0 Å². The summed E-state index contributed by atoms with van der Waals surface area (Å²) in [6.07, 6.45) is 7.51. The third-order valence-electron chi connectivity index (χ3n) is 4.46. The lowest BCUT2D eigenvalue weighted by Gasteiger charge is -2.11. The number of rotatable bonds is 2. The number of hydrogen-bond acceptors (Lipinski definition) is 4. The van der Waals surface area contributed by atoms with Gasteiger partial charge in [-0.25, -0.2) is 9.97 Å². The Labute approximate surface area is 150 Å². The second-order valence-corrected chi connectivity index (χ2v) is 6.19. The molecule has 0 aliphatic heterocycles. The van der Waals surface area contributed by atoms with Crippen LogP contribution in [0.25, 0.3) is 39.0 Å². The Morgan fingerprint density at radius 2 is 1.85 bits per heavy atom. The summed E-state index contributed by atoms with van der Waals surface area (Å²) < 4.78 is 2.15. The lowest BCUT2D eigenvalue weighted by molar-refractivity contribution is 1.12. The molecule has 124 valence electrons. The fourth-order valence-corrected chi connectivity index (χ4v) is 3.25. The lowest BCUT2D eigenvalue weighted by atomic mass is 10.1. The van der Waals surface area contributed by atoms with E-state index in [9.17, 15) is 0 Å². The number of hydrogen-bond donors (Lipinski definition) is 0. The number of nitrogens with zero attached hydrogens (tertiary/aromatic N) is 5. The number of aromatic nitrogens is 5. The lowest BCUT2D eigenvalue weighted by Crippen LogP contribution is -1.99. The fraction of sp³-hybridized carbons (Fsp3) is 0.0476. The van der Waals surface area contributed by atoms with Crippen LogP contribution in [0.3, 0.4) is 0 Å². The van der Waals surface area contributed by atoms with Gasteiger partial charge in [-0.3, -0.25) is 9.97 Å². The average molecular weight is 337 g/mol. The summed E-state index contributed by atoms with van der Waals surface area (Å²) in [6, 6.07) is 16.1. The molecule has 5 heteroatoms. The molecule has 0 saturated heterocycles. The SMILES string of the molecule is Cc1cccc(-c2cc(-n3ccc4cnccc43)c3cccnc3n2)n1. The molecule has 0 aliphatic carbocycles. The zero-order valence-electron chi connectivity index (χ0n) is 14.2. The molecule has 0 spiro atoms. The van der Waals surface area contributed by atoms with E-state index < -0.39 is 0 Å². The van der Waals surface area contributed by atoms with Gasteiger partial charge in [-0.15, -0.1) is 0 Å². The van der Waals surface area contributed by atoms with Crippen LogP contribution in [0.2, 0.25) is 0 Å². The minimum Gasteiger partial charge on any atom is -0.316 e. The molecule has 5 rings (SSSR count). The van der Waals surface area contributed by atoms with Crippen molar-refractivity contribution in [2.75, 3.05) is 0 Å². The maximum absolute atomic E-state index is 4.74. The van der Waals surface area contributed by atoms with Crippen LogP contribution in [0.15, 0.2) is 73.3 Å². The molecule has 5 nitrogen and oxygen atoms in total. The van der Waals surface area contributed by atoms with Gasteiger partial charge >= 0.3 is 0 Å². The first-order valence-electron chi connectivity index (χ1n) is 8.41. The van der Waals surface area contributed by atoms with Crippen LogP contribution in [0, 0.1) is 6.92 Å². The van der Waals surface area contributed by atoms with Crippen LogP contribution in [-0.4, -0.2) is 24.5 Å². The predicted octanol–water partition coefficient (Wildman–Crippen LogP) is 4.34. The van der Waals surface area contributed by atoms with Crippen molar-refractivity contribution in [2.45, 2.75) is 6.92 Å². The first-order valence-corrected chi connectivity index (χ1v) is 8.41. The minimum absolute atomic E-state index is 0.708. The molecule has 0 aromatic carbocycles. The molecule has 5 aromatic rings. The van der Waals surface area contributed by atoms with Gasteiger partial charge in [0.2, 0.25) is 0 Å². The highest BCUT2D eigenvalue weighted by atomic mass is 15.0. The molecule has 0 N–H and O–H groups in total. The predicted molar refractivity (Wildman–Crippen MR) is 102 cm³/mol. The van der Waals surface area contributed by atoms with Crippen LogP contribution in [0.1, 0.15) is 5.69 Å². The standard InChI is InChI=1S/C21H15N5/c1-14-4-2-6-17(24-14)18-12-20(16-5-3-9-23-21(16)25-18)26-11-8-15-13-22-10-7-19(15)26/h2-13H,1H3. The van der Waals surface area contributed by atoms with Gasteiger partial charge in [0.1, 0.15) is 0 Å². The number of pyridine rings is 4. The van der Waals surface area contributed by atoms with Gasteiger partial charge in [-0.1, -0.05) is 6.07 Å². The van der Waals surface area contributed by atoms with Crippen molar-refractivity contribution in [1.82, 2.24) is 24.5 Å². The van der Waals surface area contributed by atoms with Crippen molar-refractivity contribution >= 4 is 21.9 Å². The topological polar surface area (TPSA) is 56.5 Å². The Kier molecular flexibility index (Phi) is 3.25. The summed E-state index contributed by atoms with van der Waals surface area (Å²) in [5, 5.41) is 2.09. The Morgan fingerprint density at radius 3 is 2.77 bits per heavy atom. The van der Waals surface area contributed by atoms with E-state index in [1.54, 1.807) is 6.20 Å². The van der Waals surface area contributed by atoms with Crippen molar-refractivity contribution < 1.29 is 0 Å². The molecule has 0 unspecified atom stereocenters. The van der Waals surface area contributed by atoms with Crippen molar-refractivity contribution in [3.8, 4) is 17.1 Å². The van der Waals surface area contributed by atoms with Gasteiger partial charge in [-0.05, 0) is 49.4 Å². The van der Waals surface area contributed by atoms with Gasteiger partial charge in [-0.2, -0.15) is 0 Å². The maximum Gasteiger partial charge on any atom is 0.161 e. The van der Waals surface area contributed by atoms with Crippen LogP contribution >= 0.6 is 0 Å². The Morgan fingerprint density at radius 1 is 0.885 bits per heavy atom. The van der Waals surface area contributed by atoms with Gasteiger partial charge in [0, 0.05) is 41.3 Å². The van der Waals surface area contributed by atoms with Crippen LogP contribution in [0.4, 0.5) is 0 Å². The summed E-state index contributed by atoms with van der Waals surface area (Å²) in [5.74, 6) is 0.